The number of hydrogen-bond acceptors (Lipinski definition) is 2. The van der Waals surface area contributed by atoms with Crippen molar-refractivity contribution < 1.29 is 0 Å². The van der Waals surface area contributed by atoms with Crippen molar-refractivity contribution in [1.82, 2.24) is 4.90 Å². The van der Waals surface area contributed by atoms with Crippen LogP contribution in [0.4, 0.5) is 0 Å². The first-order valence-corrected chi connectivity index (χ1v) is 8.49. The molecule has 1 saturated carbocycles. The number of nitrogens with two attached hydrogens (primary N) is 1. The molecule has 0 spiro atoms. The molecule has 1 aromatic carbocycles. The van der Waals surface area contributed by atoms with Gasteiger partial charge in [-0.3, -0.25) is 4.90 Å². The number of benzene rings is 1. The van der Waals surface area contributed by atoms with Gasteiger partial charge in [-0.05, 0) is 48.8 Å². The summed E-state index contributed by atoms with van der Waals surface area (Å²) >= 11 is 0. The fourth-order valence-corrected chi connectivity index (χ4v) is 3.31. The van der Waals surface area contributed by atoms with Crippen LogP contribution in [0.1, 0.15) is 64.5 Å². The molecule has 0 aliphatic heterocycles. The lowest BCUT2D eigenvalue weighted by molar-refractivity contribution is 0.149. The molecule has 21 heavy (non-hydrogen) atoms. The van der Waals surface area contributed by atoms with Crippen LogP contribution in [0.3, 0.4) is 0 Å². The molecule has 0 radical (unpaired) electrons. The maximum Gasteiger partial charge on any atom is 0.0236 e. The minimum absolute atomic E-state index is 0.239. The summed E-state index contributed by atoms with van der Waals surface area (Å²) in [5.74, 6) is 0. The lowest BCUT2D eigenvalue weighted by atomic mass is 9.86. The maximum absolute atomic E-state index is 6.03. The molecule has 1 aliphatic rings. The van der Waals surface area contributed by atoms with Crippen molar-refractivity contribution in [3.63, 3.8) is 0 Å². The summed E-state index contributed by atoms with van der Waals surface area (Å²) in [5, 5.41) is 0. The Morgan fingerprint density at radius 3 is 2.10 bits per heavy atom. The third kappa shape index (κ3) is 4.55. The van der Waals surface area contributed by atoms with Gasteiger partial charge in [-0.2, -0.15) is 0 Å². The Bertz CT molecular complexity index is 422. The maximum atomic E-state index is 6.03. The molecule has 118 valence electrons. The molecule has 0 bridgehead atoms. The van der Waals surface area contributed by atoms with Gasteiger partial charge in [-0.15, -0.1) is 0 Å². The van der Waals surface area contributed by atoms with Crippen LogP contribution in [0.5, 0.6) is 0 Å². The molecule has 1 aliphatic carbocycles. The van der Waals surface area contributed by atoms with Crippen molar-refractivity contribution in [3.8, 4) is 0 Å². The molecule has 2 rings (SSSR count). The standard InChI is InChI=1S/C19H32N2/c1-5-21(18-12-10-17(20)11-13-18)14-15-6-8-16(9-7-15)19(2,3)4/h6-9,17-18H,5,10-14,20H2,1-4H3. The topological polar surface area (TPSA) is 29.3 Å². The predicted molar refractivity (Wildman–Crippen MR) is 91.5 cm³/mol. The smallest absolute Gasteiger partial charge is 0.0236 e. The molecule has 0 heterocycles. The minimum Gasteiger partial charge on any atom is -0.328 e. The van der Waals surface area contributed by atoms with Gasteiger partial charge in [0.25, 0.3) is 0 Å². The number of rotatable bonds is 4. The van der Waals surface area contributed by atoms with E-state index in [1.807, 2.05) is 0 Å². The SMILES string of the molecule is CCN(Cc1ccc(C(C)(C)C)cc1)C1CCC(N)CC1. The van der Waals surface area contributed by atoms with Crippen LogP contribution in [0.2, 0.25) is 0 Å². The van der Waals surface area contributed by atoms with Gasteiger partial charge in [0.05, 0.1) is 0 Å². The molecule has 2 heteroatoms. The van der Waals surface area contributed by atoms with Gasteiger partial charge in [0.15, 0.2) is 0 Å². The van der Waals surface area contributed by atoms with Crippen LogP contribution in [0.15, 0.2) is 24.3 Å². The Morgan fingerprint density at radius 2 is 1.62 bits per heavy atom. The highest BCUT2D eigenvalue weighted by Gasteiger charge is 2.23. The van der Waals surface area contributed by atoms with Crippen LogP contribution in [0, 0.1) is 0 Å². The fraction of sp³-hybridized carbons (Fsp3) is 0.684. The Hall–Kier alpha value is -0.860. The van der Waals surface area contributed by atoms with Crippen molar-refractivity contribution in [2.75, 3.05) is 6.54 Å². The second kappa shape index (κ2) is 6.93. The monoisotopic (exact) mass is 288 g/mol. The van der Waals surface area contributed by atoms with Crippen molar-refractivity contribution in [3.05, 3.63) is 35.4 Å². The number of nitrogens with zero attached hydrogens (tertiary/aromatic N) is 1. The second-order valence-corrected chi connectivity index (χ2v) is 7.58. The summed E-state index contributed by atoms with van der Waals surface area (Å²) in [5.41, 5.74) is 9.11. The molecule has 0 aromatic heterocycles. The Balaban J connectivity index is 1.98. The molecular formula is C19H32N2. The second-order valence-electron chi connectivity index (χ2n) is 7.58. The molecule has 1 fully saturated rings. The largest absolute Gasteiger partial charge is 0.328 e. The Morgan fingerprint density at radius 1 is 1.05 bits per heavy atom. The highest BCUT2D eigenvalue weighted by atomic mass is 15.1. The summed E-state index contributed by atoms with van der Waals surface area (Å²) in [6.45, 7) is 11.3. The van der Waals surface area contributed by atoms with Gasteiger partial charge in [-0.1, -0.05) is 52.0 Å². The quantitative estimate of drug-likeness (QED) is 0.904. The van der Waals surface area contributed by atoms with Crippen LogP contribution in [-0.4, -0.2) is 23.5 Å². The first-order valence-electron chi connectivity index (χ1n) is 8.49. The van der Waals surface area contributed by atoms with E-state index in [0.29, 0.717) is 6.04 Å². The van der Waals surface area contributed by atoms with E-state index in [1.54, 1.807) is 0 Å². The van der Waals surface area contributed by atoms with E-state index in [0.717, 1.165) is 19.1 Å². The fourth-order valence-electron chi connectivity index (χ4n) is 3.31. The lowest BCUT2D eigenvalue weighted by Crippen LogP contribution is -2.40. The van der Waals surface area contributed by atoms with Gasteiger partial charge < -0.3 is 5.73 Å². The van der Waals surface area contributed by atoms with E-state index in [1.165, 1.54) is 36.8 Å². The summed E-state index contributed by atoms with van der Waals surface area (Å²) in [4.78, 5) is 2.62. The zero-order chi connectivity index (χ0) is 15.5. The normalized spacial score (nSPS) is 23.5. The van der Waals surface area contributed by atoms with Gasteiger partial charge in [-0.25, -0.2) is 0 Å². The van der Waals surface area contributed by atoms with Crippen LogP contribution in [0.25, 0.3) is 0 Å². The zero-order valence-electron chi connectivity index (χ0n) is 14.2. The molecule has 0 saturated heterocycles. The van der Waals surface area contributed by atoms with Gasteiger partial charge >= 0.3 is 0 Å². The van der Waals surface area contributed by atoms with E-state index in [2.05, 4.69) is 56.9 Å². The average Bonchev–Trinajstić information content (AvgIpc) is 2.45. The summed E-state index contributed by atoms with van der Waals surface area (Å²) < 4.78 is 0. The zero-order valence-corrected chi connectivity index (χ0v) is 14.2. The minimum atomic E-state index is 0.239. The van der Waals surface area contributed by atoms with E-state index in [-0.39, 0.29) is 5.41 Å². The molecule has 1 aromatic rings. The summed E-state index contributed by atoms with van der Waals surface area (Å²) in [6, 6.07) is 10.3. The first-order chi connectivity index (χ1) is 9.90. The lowest BCUT2D eigenvalue weighted by Gasteiger charge is -2.35. The molecule has 2 nitrogen and oxygen atoms in total. The van der Waals surface area contributed by atoms with Crippen molar-refractivity contribution in [2.45, 2.75) is 77.4 Å². The molecule has 2 N–H and O–H groups in total. The molecule has 0 unspecified atom stereocenters. The summed E-state index contributed by atoms with van der Waals surface area (Å²) in [7, 11) is 0. The van der Waals surface area contributed by atoms with Crippen LogP contribution >= 0.6 is 0 Å². The molecule has 0 amide bonds. The third-order valence-electron chi connectivity index (χ3n) is 4.87. The summed E-state index contributed by atoms with van der Waals surface area (Å²) in [6.07, 6.45) is 4.89. The molecule has 0 atom stereocenters. The van der Waals surface area contributed by atoms with Gasteiger partial charge in [0, 0.05) is 18.6 Å². The average molecular weight is 288 g/mol. The van der Waals surface area contributed by atoms with E-state index < -0.39 is 0 Å². The number of hydrogen-bond donors (Lipinski definition) is 1. The first kappa shape index (κ1) is 16.5. The highest BCUT2D eigenvalue weighted by molar-refractivity contribution is 5.27. The predicted octanol–water partition coefficient (Wildman–Crippen LogP) is 4.08. The van der Waals surface area contributed by atoms with E-state index in [4.69, 9.17) is 5.73 Å². The van der Waals surface area contributed by atoms with Crippen molar-refractivity contribution >= 4 is 0 Å². The van der Waals surface area contributed by atoms with E-state index >= 15 is 0 Å². The highest BCUT2D eigenvalue weighted by Crippen LogP contribution is 2.25. The van der Waals surface area contributed by atoms with Gasteiger partial charge in [0.2, 0.25) is 0 Å². The van der Waals surface area contributed by atoms with E-state index in [9.17, 15) is 0 Å². The van der Waals surface area contributed by atoms with Crippen molar-refractivity contribution in [1.29, 1.82) is 0 Å². The van der Waals surface area contributed by atoms with Crippen LogP contribution in [-0.2, 0) is 12.0 Å². The Kier molecular flexibility index (Phi) is 5.45. The Labute approximate surface area is 130 Å². The van der Waals surface area contributed by atoms with Crippen molar-refractivity contribution in [2.24, 2.45) is 5.73 Å². The molecular weight excluding hydrogens is 256 g/mol. The van der Waals surface area contributed by atoms with Gasteiger partial charge in [0.1, 0.15) is 0 Å². The van der Waals surface area contributed by atoms with Crippen LogP contribution < -0.4 is 5.73 Å². The third-order valence-corrected chi connectivity index (χ3v) is 4.87.